The lowest BCUT2D eigenvalue weighted by Crippen LogP contribution is -2.16. The minimum Gasteiger partial charge on any atom is -0.500 e. The Morgan fingerprint density at radius 2 is 1.81 bits per heavy atom. The van der Waals surface area contributed by atoms with Crippen LogP contribution in [0.3, 0.4) is 0 Å². The number of methoxy groups -OCH3 is 1. The summed E-state index contributed by atoms with van der Waals surface area (Å²) in [4.78, 5) is 23.6. The van der Waals surface area contributed by atoms with Crippen LogP contribution in [-0.4, -0.2) is 24.1 Å². The Hall–Kier alpha value is -3.13. The second kappa shape index (κ2) is 8.30. The van der Waals surface area contributed by atoms with E-state index >= 15 is 0 Å². The number of amides is 1. The molecule has 0 radical (unpaired) electrons. The van der Waals surface area contributed by atoms with Crippen LogP contribution in [0, 0.1) is 11.6 Å². The Kier molecular flexibility index (Phi) is 6.13. The number of carboxylic acids is 1. The van der Waals surface area contributed by atoms with Crippen LogP contribution in [0.5, 0.6) is 5.75 Å². The quantitative estimate of drug-likeness (QED) is 0.585. The SMILES string of the molecule is COC=C(Oc1ccc(Cl)cc1C(=O)Nc1cc(F)cc(F)c1)C(=O)O. The molecule has 26 heavy (non-hydrogen) atoms. The molecule has 2 aromatic carbocycles. The predicted molar refractivity (Wildman–Crippen MR) is 89.1 cm³/mol. The molecule has 0 aliphatic carbocycles. The Morgan fingerprint density at radius 1 is 1.15 bits per heavy atom. The van der Waals surface area contributed by atoms with Crippen molar-refractivity contribution in [3.63, 3.8) is 0 Å². The fourth-order valence-electron chi connectivity index (χ4n) is 1.94. The molecule has 0 heterocycles. The molecule has 2 N–H and O–H groups in total. The molecule has 0 saturated carbocycles. The molecule has 1 amide bonds. The molecule has 0 atom stereocenters. The minimum atomic E-state index is -1.43. The lowest BCUT2D eigenvalue weighted by atomic mass is 10.1. The largest absolute Gasteiger partial charge is 0.500 e. The Balaban J connectivity index is 2.35. The zero-order valence-corrected chi connectivity index (χ0v) is 14.0. The summed E-state index contributed by atoms with van der Waals surface area (Å²) < 4.78 is 36.3. The maximum atomic E-state index is 13.2. The molecule has 0 fully saturated rings. The first-order chi connectivity index (χ1) is 12.3. The number of carbonyl (C=O) groups excluding carboxylic acids is 1. The van der Waals surface area contributed by atoms with Crippen molar-refractivity contribution >= 4 is 29.2 Å². The van der Waals surface area contributed by atoms with Gasteiger partial charge in [0.1, 0.15) is 23.6 Å². The highest BCUT2D eigenvalue weighted by Crippen LogP contribution is 2.26. The molecule has 0 unspecified atom stereocenters. The fraction of sp³-hybridized carbons (Fsp3) is 0.0588. The second-order valence-electron chi connectivity index (χ2n) is 4.88. The normalized spacial score (nSPS) is 11.0. The lowest BCUT2D eigenvalue weighted by molar-refractivity contribution is -0.135. The van der Waals surface area contributed by atoms with Crippen LogP contribution in [0.1, 0.15) is 10.4 Å². The van der Waals surface area contributed by atoms with E-state index in [2.05, 4.69) is 10.1 Å². The molecule has 0 aliphatic rings. The number of halogens is 3. The third-order valence-corrected chi connectivity index (χ3v) is 3.20. The molecule has 0 aromatic heterocycles. The van der Waals surface area contributed by atoms with Gasteiger partial charge in [0.25, 0.3) is 5.91 Å². The minimum absolute atomic E-state index is 0.135. The first kappa shape index (κ1) is 19.2. The van der Waals surface area contributed by atoms with Crippen molar-refractivity contribution in [1.82, 2.24) is 0 Å². The molecular formula is C17H12ClF2NO5. The van der Waals surface area contributed by atoms with Gasteiger partial charge in [-0.1, -0.05) is 11.6 Å². The number of rotatable bonds is 6. The number of carbonyl (C=O) groups is 2. The highest BCUT2D eigenvalue weighted by Gasteiger charge is 2.19. The topological polar surface area (TPSA) is 84.9 Å². The third-order valence-electron chi connectivity index (χ3n) is 2.96. The van der Waals surface area contributed by atoms with E-state index in [1.165, 1.54) is 25.3 Å². The Morgan fingerprint density at radius 3 is 2.38 bits per heavy atom. The molecule has 136 valence electrons. The van der Waals surface area contributed by atoms with Gasteiger partial charge in [-0.15, -0.1) is 0 Å². The van der Waals surface area contributed by atoms with Gasteiger partial charge in [0, 0.05) is 16.8 Å². The predicted octanol–water partition coefficient (Wildman–Crippen LogP) is 3.82. The van der Waals surface area contributed by atoms with E-state index in [0.717, 1.165) is 18.4 Å². The van der Waals surface area contributed by atoms with E-state index in [1.807, 2.05) is 0 Å². The maximum absolute atomic E-state index is 13.2. The van der Waals surface area contributed by atoms with Crippen LogP contribution in [0.15, 0.2) is 48.4 Å². The zero-order chi connectivity index (χ0) is 19.3. The number of hydrogen-bond donors (Lipinski definition) is 2. The number of carboxylic acid groups (broad SMARTS) is 1. The van der Waals surface area contributed by atoms with Gasteiger partial charge in [0.05, 0.1) is 12.7 Å². The van der Waals surface area contributed by atoms with E-state index in [4.69, 9.17) is 21.4 Å². The molecule has 0 saturated heterocycles. The van der Waals surface area contributed by atoms with Gasteiger partial charge in [-0.3, -0.25) is 4.79 Å². The maximum Gasteiger partial charge on any atom is 0.375 e. The summed E-state index contributed by atoms with van der Waals surface area (Å²) in [6.07, 6.45) is 0.834. The van der Waals surface area contributed by atoms with Gasteiger partial charge in [0.15, 0.2) is 0 Å². The average molecular weight is 384 g/mol. The number of hydrogen-bond acceptors (Lipinski definition) is 4. The number of nitrogens with one attached hydrogen (secondary N) is 1. The van der Waals surface area contributed by atoms with E-state index in [-0.39, 0.29) is 22.0 Å². The van der Waals surface area contributed by atoms with Crippen molar-refractivity contribution in [2.24, 2.45) is 0 Å². The van der Waals surface area contributed by atoms with Crippen LogP contribution in [-0.2, 0) is 9.53 Å². The standard InChI is InChI=1S/C17H12ClF2NO5/c1-25-8-15(17(23)24)26-14-3-2-9(18)4-13(14)16(22)21-12-6-10(19)5-11(20)7-12/h2-8H,1H3,(H,21,22)(H,23,24). The molecule has 0 bridgehead atoms. The van der Waals surface area contributed by atoms with Crippen molar-refractivity contribution < 1.29 is 33.0 Å². The van der Waals surface area contributed by atoms with Gasteiger partial charge >= 0.3 is 5.97 Å². The third kappa shape index (κ3) is 4.93. The van der Waals surface area contributed by atoms with Crippen molar-refractivity contribution in [2.45, 2.75) is 0 Å². The summed E-state index contributed by atoms with van der Waals surface area (Å²) in [7, 11) is 1.22. The van der Waals surface area contributed by atoms with Crippen molar-refractivity contribution in [3.8, 4) is 5.75 Å². The van der Waals surface area contributed by atoms with Gasteiger partial charge < -0.3 is 19.9 Å². The highest BCUT2D eigenvalue weighted by atomic mass is 35.5. The highest BCUT2D eigenvalue weighted by molar-refractivity contribution is 6.31. The summed E-state index contributed by atoms with van der Waals surface area (Å²) in [5.74, 6) is -4.72. The Labute approximate surface area is 151 Å². The molecule has 9 heteroatoms. The van der Waals surface area contributed by atoms with Gasteiger partial charge in [-0.05, 0) is 30.3 Å². The number of anilines is 1. The molecule has 6 nitrogen and oxygen atoms in total. The summed E-state index contributed by atoms with van der Waals surface area (Å²) in [5, 5.41) is 11.5. The lowest BCUT2D eigenvalue weighted by Gasteiger charge is -2.12. The Bertz CT molecular complexity index is 865. The van der Waals surface area contributed by atoms with Gasteiger partial charge in [-0.2, -0.15) is 0 Å². The smallest absolute Gasteiger partial charge is 0.375 e. The van der Waals surface area contributed by atoms with E-state index in [9.17, 15) is 18.4 Å². The fourth-order valence-corrected chi connectivity index (χ4v) is 2.11. The molecular weight excluding hydrogens is 372 g/mol. The zero-order valence-electron chi connectivity index (χ0n) is 13.3. The molecule has 2 rings (SSSR count). The van der Waals surface area contributed by atoms with Crippen molar-refractivity contribution in [2.75, 3.05) is 12.4 Å². The molecule has 2 aromatic rings. The summed E-state index contributed by atoms with van der Waals surface area (Å²) in [6.45, 7) is 0. The van der Waals surface area contributed by atoms with Gasteiger partial charge in [0.2, 0.25) is 5.76 Å². The van der Waals surface area contributed by atoms with Crippen molar-refractivity contribution in [1.29, 1.82) is 0 Å². The van der Waals surface area contributed by atoms with Crippen LogP contribution >= 0.6 is 11.6 Å². The monoisotopic (exact) mass is 383 g/mol. The number of benzene rings is 2. The summed E-state index contributed by atoms with van der Waals surface area (Å²) in [5.41, 5.74) is -0.283. The van der Waals surface area contributed by atoms with E-state index in [0.29, 0.717) is 6.07 Å². The average Bonchev–Trinajstić information content (AvgIpc) is 2.54. The van der Waals surface area contributed by atoms with Crippen LogP contribution in [0.4, 0.5) is 14.5 Å². The summed E-state index contributed by atoms with van der Waals surface area (Å²) in [6, 6.07) is 6.35. The second-order valence-corrected chi connectivity index (χ2v) is 5.31. The number of aliphatic carboxylic acids is 1. The number of ether oxygens (including phenoxy) is 2. The first-order valence-electron chi connectivity index (χ1n) is 7.01. The van der Waals surface area contributed by atoms with Crippen LogP contribution < -0.4 is 10.1 Å². The van der Waals surface area contributed by atoms with Crippen LogP contribution in [0.25, 0.3) is 0 Å². The summed E-state index contributed by atoms with van der Waals surface area (Å²) >= 11 is 5.86. The van der Waals surface area contributed by atoms with Crippen LogP contribution in [0.2, 0.25) is 5.02 Å². The molecule has 0 aliphatic heterocycles. The first-order valence-corrected chi connectivity index (χ1v) is 7.39. The molecule has 0 spiro atoms. The van der Waals surface area contributed by atoms with E-state index < -0.39 is 29.3 Å². The van der Waals surface area contributed by atoms with E-state index in [1.54, 1.807) is 0 Å². The van der Waals surface area contributed by atoms with Gasteiger partial charge in [-0.25, -0.2) is 13.6 Å². The van der Waals surface area contributed by atoms with Crippen molar-refractivity contribution in [3.05, 3.63) is 70.6 Å².